The zero-order valence-corrected chi connectivity index (χ0v) is 16.7. The van der Waals surface area contributed by atoms with Crippen molar-refractivity contribution >= 4 is 47.0 Å². The molecule has 0 saturated heterocycles. The summed E-state index contributed by atoms with van der Waals surface area (Å²) in [6, 6.07) is 10.8. The molecule has 154 valence electrons. The SMILES string of the molecule is CN1C(=O)c2ccc(NC(=O)COC(=O)c3ccccc3SCC(N)=O)cc2C1=O. The predicted molar refractivity (Wildman–Crippen MR) is 108 cm³/mol. The number of primary amides is 1. The second kappa shape index (κ2) is 8.78. The molecule has 3 rings (SSSR count). The average Bonchev–Trinajstić information content (AvgIpc) is 2.94. The van der Waals surface area contributed by atoms with Crippen LogP contribution in [0.25, 0.3) is 0 Å². The van der Waals surface area contributed by atoms with Gasteiger partial charge in [0, 0.05) is 17.6 Å². The van der Waals surface area contributed by atoms with Crippen molar-refractivity contribution in [2.24, 2.45) is 5.73 Å². The number of hydrogen-bond acceptors (Lipinski definition) is 7. The second-order valence-corrected chi connectivity index (χ2v) is 7.32. The lowest BCUT2D eigenvalue weighted by molar-refractivity contribution is -0.119. The Balaban J connectivity index is 1.61. The fraction of sp³-hybridized carbons (Fsp3) is 0.150. The summed E-state index contributed by atoms with van der Waals surface area (Å²) in [5.41, 5.74) is 6.08. The lowest BCUT2D eigenvalue weighted by Gasteiger charge is -2.09. The molecule has 9 nitrogen and oxygen atoms in total. The van der Waals surface area contributed by atoms with Gasteiger partial charge >= 0.3 is 5.97 Å². The van der Waals surface area contributed by atoms with Gasteiger partial charge < -0.3 is 15.8 Å². The first kappa shape index (κ1) is 21.1. The molecule has 0 radical (unpaired) electrons. The second-order valence-electron chi connectivity index (χ2n) is 6.31. The normalized spacial score (nSPS) is 12.5. The molecule has 0 saturated carbocycles. The van der Waals surface area contributed by atoms with E-state index in [4.69, 9.17) is 10.5 Å². The molecule has 0 bridgehead atoms. The summed E-state index contributed by atoms with van der Waals surface area (Å²) in [6.07, 6.45) is 0. The van der Waals surface area contributed by atoms with E-state index in [0.717, 1.165) is 16.7 Å². The van der Waals surface area contributed by atoms with Crippen LogP contribution in [0.4, 0.5) is 5.69 Å². The number of rotatable bonds is 7. The first-order chi connectivity index (χ1) is 14.3. The topological polar surface area (TPSA) is 136 Å². The van der Waals surface area contributed by atoms with Gasteiger partial charge in [-0.15, -0.1) is 11.8 Å². The number of hydrogen-bond donors (Lipinski definition) is 2. The lowest BCUT2D eigenvalue weighted by atomic mass is 10.1. The van der Waals surface area contributed by atoms with Gasteiger partial charge in [-0.1, -0.05) is 12.1 Å². The molecule has 0 unspecified atom stereocenters. The Hall–Kier alpha value is -3.66. The molecule has 3 N–H and O–H groups in total. The summed E-state index contributed by atoms with van der Waals surface area (Å²) in [6.45, 7) is -0.558. The number of ether oxygens (including phenoxy) is 1. The van der Waals surface area contributed by atoms with Gasteiger partial charge in [0.2, 0.25) is 5.91 Å². The van der Waals surface area contributed by atoms with Crippen LogP contribution in [-0.2, 0) is 14.3 Å². The predicted octanol–water partition coefficient (Wildman–Crippen LogP) is 1.29. The first-order valence-electron chi connectivity index (χ1n) is 8.71. The first-order valence-corrected chi connectivity index (χ1v) is 9.70. The zero-order chi connectivity index (χ0) is 21.8. The molecule has 0 atom stereocenters. The molecule has 2 aromatic carbocycles. The molecular weight excluding hydrogens is 410 g/mol. The Labute approximate surface area is 175 Å². The molecule has 1 aliphatic heterocycles. The number of nitrogens with zero attached hydrogens (tertiary/aromatic N) is 1. The van der Waals surface area contributed by atoms with Crippen molar-refractivity contribution in [1.29, 1.82) is 0 Å². The van der Waals surface area contributed by atoms with E-state index in [2.05, 4.69) is 5.32 Å². The van der Waals surface area contributed by atoms with Crippen LogP contribution in [0.1, 0.15) is 31.1 Å². The number of amides is 4. The summed E-state index contributed by atoms with van der Waals surface area (Å²) < 4.78 is 5.05. The van der Waals surface area contributed by atoms with Gasteiger partial charge in [-0.3, -0.25) is 24.1 Å². The third-order valence-electron chi connectivity index (χ3n) is 4.18. The highest BCUT2D eigenvalue weighted by Gasteiger charge is 2.32. The maximum atomic E-state index is 12.3. The van der Waals surface area contributed by atoms with Crippen LogP contribution in [-0.4, -0.2) is 53.9 Å². The van der Waals surface area contributed by atoms with Gasteiger partial charge in [0.05, 0.1) is 22.4 Å². The minimum Gasteiger partial charge on any atom is -0.452 e. The average molecular weight is 427 g/mol. The number of thioether (sulfide) groups is 1. The van der Waals surface area contributed by atoms with Crippen molar-refractivity contribution in [3.8, 4) is 0 Å². The van der Waals surface area contributed by atoms with Gasteiger partial charge in [-0.2, -0.15) is 0 Å². The number of carbonyl (C=O) groups excluding carboxylic acids is 5. The fourth-order valence-electron chi connectivity index (χ4n) is 2.75. The van der Waals surface area contributed by atoms with Crippen LogP contribution in [0.3, 0.4) is 0 Å². The molecular formula is C20H17N3O6S. The van der Waals surface area contributed by atoms with Crippen LogP contribution in [0.5, 0.6) is 0 Å². The third kappa shape index (κ3) is 4.49. The van der Waals surface area contributed by atoms with Crippen molar-refractivity contribution in [2.45, 2.75) is 4.90 Å². The van der Waals surface area contributed by atoms with Crippen LogP contribution in [0, 0.1) is 0 Å². The Morgan fingerprint density at radius 2 is 1.77 bits per heavy atom. The van der Waals surface area contributed by atoms with E-state index >= 15 is 0 Å². The summed E-state index contributed by atoms with van der Waals surface area (Å²) >= 11 is 1.09. The quantitative estimate of drug-likeness (QED) is 0.386. The molecule has 1 aliphatic rings. The smallest absolute Gasteiger partial charge is 0.339 e. The number of carbonyl (C=O) groups is 5. The number of benzene rings is 2. The standard InChI is InChI=1S/C20H17N3O6S/c1-23-18(26)12-7-6-11(8-14(12)19(23)27)22-17(25)9-29-20(28)13-4-2-3-5-15(13)30-10-16(21)24/h2-8H,9-10H2,1H3,(H2,21,24)(H,22,25). The largest absolute Gasteiger partial charge is 0.452 e. The molecule has 4 amide bonds. The Morgan fingerprint density at radius 1 is 1.07 bits per heavy atom. The van der Waals surface area contributed by atoms with Crippen molar-refractivity contribution in [3.05, 3.63) is 59.2 Å². The molecule has 0 fully saturated rings. The van der Waals surface area contributed by atoms with Gasteiger partial charge in [-0.25, -0.2) is 4.79 Å². The number of nitrogens with two attached hydrogens (primary N) is 1. The molecule has 10 heteroatoms. The van der Waals surface area contributed by atoms with E-state index in [1.807, 2.05) is 0 Å². The van der Waals surface area contributed by atoms with E-state index in [9.17, 15) is 24.0 Å². The number of fused-ring (bicyclic) bond motifs is 1. The summed E-state index contributed by atoms with van der Waals surface area (Å²) in [5, 5.41) is 2.52. The highest BCUT2D eigenvalue weighted by molar-refractivity contribution is 8.00. The lowest BCUT2D eigenvalue weighted by Crippen LogP contribution is -2.24. The van der Waals surface area contributed by atoms with Gasteiger partial charge in [0.25, 0.3) is 17.7 Å². The number of anilines is 1. The zero-order valence-electron chi connectivity index (χ0n) is 15.8. The monoisotopic (exact) mass is 427 g/mol. The minimum absolute atomic E-state index is 0.000476. The number of imide groups is 1. The molecule has 0 spiro atoms. The highest BCUT2D eigenvalue weighted by Crippen LogP contribution is 2.25. The molecule has 1 heterocycles. The number of esters is 1. The van der Waals surface area contributed by atoms with E-state index < -0.39 is 36.2 Å². The maximum absolute atomic E-state index is 12.3. The van der Waals surface area contributed by atoms with Crippen molar-refractivity contribution in [3.63, 3.8) is 0 Å². The van der Waals surface area contributed by atoms with Crippen molar-refractivity contribution in [2.75, 3.05) is 24.7 Å². The highest BCUT2D eigenvalue weighted by atomic mass is 32.2. The molecule has 30 heavy (non-hydrogen) atoms. The van der Waals surface area contributed by atoms with Gasteiger partial charge in [0.15, 0.2) is 6.61 Å². The van der Waals surface area contributed by atoms with E-state index in [1.54, 1.807) is 18.2 Å². The van der Waals surface area contributed by atoms with Crippen LogP contribution in [0.2, 0.25) is 0 Å². The maximum Gasteiger partial charge on any atom is 0.339 e. The summed E-state index contributed by atoms with van der Waals surface area (Å²) in [7, 11) is 1.38. The van der Waals surface area contributed by atoms with Crippen LogP contribution < -0.4 is 11.1 Å². The van der Waals surface area contributed by atoms with Gasteiger partial charge in [0.1, 0.15) is 0 Å². The minimum atomic E-state index is -0.728. The molecule has 0 aliphatic carbocycles. The Morgan fingerprint density at radius 3 is 2.50 bits per heavy atom. The summed E-state index contributed by atoms with van der Waals surface area (Å²) in [4.78, 5) is 60.8. The molecule has 2 aromatic rings. The number of nitrogens with one attached hydrogen (secondary N) is 1. The Kier molecular flexibility index (Phi) is 6.17. The van der Waals surface area contributed by atoms with Crippen LogP contribution >= 0.6 is 11.8 Å². The third-order valence-corrected chi connectivity index (χ3v) is 5.28. The summed E-state index contributed by atoms with van der Waals surface area (Å²) in [5.74, 6) is -2.73. The van der Waals surface area contributed by atoms with Crippen molar-refractivity contribution in [1.82, 2.24) is 4.90 Å². The van der Waals surface area contributed by atoms with E-state index in [1.165, 1.54) is 31.3 Å². The molecule has 0 aromatic heterocycles. The van der Waals surface area contributed by atoms with Crippen molar-refractivity contribution < 1.29 is 28.7 Å². The van der Waals surface area contributed by atoms with E-state index in [0.29, 0.717) is 10.6 Å². The fourth-order valence-corrected chi connectivity index (χ4v) is 3.53. The van der Waals surface area contributed by atoms with Gasteiger partial charge in [-0.05, 0) is 30.3 Å². The van der Waals surface area contributed by atoms with E-state index in [-0.39, 0.29) is 22.4 Å². The Bertz CT molecular complexity index is 1070. The van der Waals surface area contributed by atoms with Crippen LogP contribution in [0.15, 0.2) is 47.4 Å².